The summed E-state index contributed by atoms with van der Waals surface area (Å²) in [6.07, 6.45) is 1.35. The Labute approximate surface area is 214 Å². The number of halogens is 2. The van der Waals surface area contributed by atoms with E-state index >= 15 is 0 Å². The van der Waals surface area contributed by atoms with Crippen LogP contribution in [0.15, 0.2) is 60.0 Å². The number of fused-ring (bicyclic) bond motifs is 1. The molecule has 1 unspecified atom stereocenters. The van der Waals surface area contributed by atoms with E-state index in [9.17, 15) is 14.0 Å². The quantitative estimate of drug-likeness (QED) is 0.350. The minimum Gasteiger partial charge on any atom is -0.382 e. The lowest BCUT2D eigenvalue weighted by molar-refractivity contribution is -0.134. The van der Waals surface area contributed by atoms with Crippen LogP contribution in [0.25, 0.3) is 0 Å². The number of benzene rings is 2. The molecule has 35 heavy (non-hydrogen) atoms. The van der Waals surface area contributed by atoms with Gasteiger partial charge in [0.25, 0.3) is 5.91 Å². The Balaban J connectivity index is 1.58. The van der Waals surface area contributed by atoms with E-state index < -0.39 is 5.82 Å². The van der Waals surface area contributed by atoms with Crippen LogP contribution >= 0.6 is 22.9 Å². The van der Waals surface area contributed by atoms with Crippen molar-refractivity contribution >= 4 is 34.8 Å². The predicted octanol–water partition coefficient (Wildman–Crippen LogP) is 5.58. The van der Waals surface area contributed by atoms with E-state index in [0.717, 1.165) is 17.5 Å². The van der Waals surface area contributed by atoms with Crippen LogP contribution in [-0.2, 0) is 16.0 Å². The van der Waals surface area contributed by atoms with E-state index in [-0.39, 0.29) is 30.0 Å². The van der Waals surface area contributed by atoms with E-state index in [1.807, 2.05) is 36.1 Å². The number of rotatable bonds is 9. The van der Waals surface area contributed by atoms with Gasteiger partial charge >= 0.3 is 0 Å². The summed E-state index contributed by atoms with van der Waals surface area (Å²) < 4.78 is 19.2. The predicted molar refractivity (Wildman–Crippen MR) is 136 cm³/mol. The third-order valence-electron chi connectivity index (χ3n) is 6.08. The maximum Gasteiger partial charge on any atom is 0.254 e. The fraction of sp³-hybridized carbons (Fsp3) is 0.333. The standard InChI is InChI=1S/C27H28ClFN2O3S/c1-2-34-15-4-13-30(27(33)20-5-3-6-22(29)17-20)18-25(32)31-14-11-24-23(12-16-35-24)26(31)19-7-9-21(28)10-8-19/h3,5-10,12,16-17,26H,2,4,11,13-15,18H2,1H3. The molecule has 0 bridgehead atoms. The Kier molecular flexibility index (Phi) is 8.55. The molecule has 1 aliphatic heterocycles. The largest absolute Gasteiger partial charge is 0.382 e. The zero-order valence-electron chi connectivity index (χ0n) is 19.6. The number of hydrogen-bond donors (Lipinski definition) is 0. The van der Waals surface area contributed by atoms with Gasteiger partial charge in [-0.2, -0.15) is 0 Å². The summed E-state index contributed by atoms with van der Waals surface area (Å²) in [5.74, 6) is -1.01. The maximum absolute atomic E-state index is 13.8. The Bertz CT molecular complexity index is 1170. The molecule has 2 heterocycles. The fourth-order valence-electron chi connectivity index (χ4n) is 4.40. The summed E-state index contributed by atoms with van der Waals surface area (Å²) in [5.41, 5.74) is 2.31. The van der Waals surface area contributed by atoms with Crippen LogP contribution in [0.1, 0.15) is 45.7 Å². The van der Waals surface area contributed by atoms with Gasteiger partial charge in [-0.1, -0.05) is 29.8 Å². The molecule has 0 spiro atoms. The Morgan fingerprint density at radius 2 is 2.00 bits per heavy atom. The highest BCUT2D eigenvalue weighted by Gasteiger charge is 2.34. The summed E-state index contributed by atoms with van der Waals surface area (Å²) in [4.78, 5) is 31.5. The van der Waals surface area contributed by atoms with Crippen molar-refractivity contribution in [3.63, 3.8) is 0 Å². The number of carbonyl (C=O) groups is 2. The van der Waals surface area contributed by atoms with Gasteiger partial charge in [0, 0.05) is 41.8 Å². The highest BCUT2D eigenvalue weighted by molar-refractivity contribution is 7.10. The molecule has 184 valence electrons. The summed E-state index contributed by atoms with van der Waals surface area (Å²) in [7, 11) is 0. The highest BCUT2D eigenvalue weighted by Crippen LogP contribution is 2.38. The number of amides is 2. The topological polar surface area (TPSA) is 49.9 Å². The zero-order chi connectivity index (χ0) is 24.8. The first kappa shape index (κ1) is 25.4. The van der Waals surface area contributed by atoms with Crippen molar-refractivity contribution in [2.24, 2.45) is 0 Å². The van der Waals surface area contributed by atoms with Crippen molar-refractivity contribution in [1.29, 1.82) is 0 Å². The molecule has 2 amide bonds. The van der Waals surface area contributed by atoms with Crippen LogP contribution in [0.5, 0.6) is 0 Å². The molecule has 0 saturated heterocycles. The number of nitrogens with zero attached hydrogens (tertiary/aromatic N) is 2. The van der Waals surface area contributed by atoms with Crippen molar-refractivity contribution in [3.8, 4) is 0 Å². The molecule has 0 radical (unpaired) electrons. The molecule has 1 atom stereocenters. The summed E-state index contributed by atoms with van der Waals surface area (Å²) in [5, 5.41) is 2.68. The van der Waals surface area contributed by atoms with Crippen LogP contribution in [-0.4, -0.2) is 54.5 Å². The van der Waals surface area contributed by atoms with Crippen molar-refractivity contribution in [2.75, 3.05) is 32.8 Å². The van der Waals surface area contributed by atoms with E-state index in [0.29, 0.717) is 37.7 Å². The van der Waals surface area contributed by atoms with Gasteiger partial charge < -0.3 is 14.5 Å². The highest BCUT2D eigenvalue weighted by atomic mass is 35.5. The second kappa shape index (κ2) is 11.8. The van der Waals surface area contributed by atoms with Crippen LogP contribution in [0.4, 0.5) is 4.39 Å². The van der Waals surface area contributed by atoms with Crippen molar-refractivity contribution in [3.05, 3.63) is 92.4 Å². The maximum atomic E-state index is 13.8. The first-order valence-electron chi connectivity index (χ1n) is 11.7. The first-order chi connectivity index (χ1) is 17.0. The van der Waals surface area contributed by atoms with Gasteiger partial charge in [-0.3, -0.25) is 9.59 Å². The average Bonchev–Trinajstić information content (AvgIpc) is 3.34. The zero-order valence-corrected chi connectivity index (χ0v) is 21.2. The molecule has 0 aliphatic carbocycles. The third-order valence-corrected chi connectivity index (χ3v) is 7.33. The molecule has 5 nitrogen and oxygen atoms in total. The number of ether oxygens (including phenoxy) is 1. The monoisotopic (exact) mass is 514 g/mol. The lowest BCUT2D eigenvalue weighted by Crippen LogP contribution is -2.47. The van der Waals surface area contributed by atoms with Gasteiger partial charge in [-0.15, -0.1) is 11.3 Å². The lowest BCUT2D eigenvalue weighted by Gasteiger charge is -2.37. The molecular weight excluding hydrogens is 487 g/mol. The minimum absolute atomic E-state index is 0.0922. The second-order valence-corrected chi connectivity index (χ2v) is 9.81. The van der Waals surface area contributed by atoms with E-state index in [1.165, 1.54) is 28.0 Å². The lowest BCUT2D eigenvalue weighted by atomic mass is 9.93. The molecule has 4 rings (SSSR count). The molecule has 0 saturated carbocycles. The van der Waals surface area contributed by atoms with E-state index in [1.54, 1.807) is 17.4 Å². The van der Waals surface area contributed by atoms with Gasteiger partial charge in [-0.05, 0) is 72.7 Å². The van der Waals surface area contributed by atoms with Crippen LogP contribution in [0.2, 0.25) is 5.02 Å². The van der Waals surface area contributed by atoms with Crippen LogP contribution < -0.4 is 0 Å². The summed E-state index contributed by atoms with van der Waals surface area (Å²) >= 11 is 7.81. The SMILES string of the molecule is CCOCCCN(CC(=O)N1CCc2sccc2C1c1ccc(Cl)cc1)C(=O)c1cccc(F)c1. The van der Waals surface area contributed by atoms with Crippen molar-refractivity contribution in [2.45, 2.75) is 25.8 Å². The van der Waals surface area contributed by atoms with Gasteiger partial charge in [0.15, 0.2) is 0 Å². The Hall–Kier alpha value is -2.74. The van der Waals surface area contributed by atoms with Gasteiger partial charge in [0.05, 0.1) is 6.04 Å². The molecule has 0 fully saturated rings. The number of carbonyl (C=O) groups excluding carboxylic acids is 2. The minimum atomic E-state index is -0.486. The Morgan fingerprint density at radius 1 is 1.20 bits per heavy atom. The third kappa shape index (κ3) is 6.10. The van der Waals surface area contributed by atoms with Crippen molar-refractivity contribution in [1.82, 2.24) is 9.80 Å². The second-order valence-electron chi connectivity index (χ2n) is 8.38. The first-order valence-corrected chi connectivity index (χ1v) is 13.0. The van der Waals surface area contributed by atoms with Gasteiger partial charge in [0.2, 0.25) is 5.91 Å². The Morgan fingerprint density at radius 3 is 2.74 bits per heavy atom. The molecule has 3 aromatic rings. The van der Waals surface area contributed by atoms with Crippen LogP contribution in [0, 0.1) is 5.82 Å². The van der Waals surface area contributed by atoms with Gasteiger partial charge in [-0.25, -0.2) is 4.39 Å². The summed E-state index contributed by atoms with van der Waals surface area (Å²) in [6, 6.07) is 14.9. The van der Waals surface area contributed by atoms with E-state index in [4.69, 9.17) is 16.3 Å². The van der Waals surface area contributed by atoms with E-state index in [2.05, 4.69) is 11.4 Å². The number of thiophene rings is 1. The smallest absolute Gasteiger partial charge is 0.254 e. The van der Waals surface area contributed by atoms with Crippen LogP contribution in [0.3, 0.4) is 0 Å². The molecule has 8 heteroatoms. The normalized spacial score (nSPS) is 15.1. The molecule has 1 aliphatic rings. The van der Waals surface area contributed by atoms with Crippen molar-refractivity contribution < 1.29 is 18.7 Å². The average molecular weight is 515 g/mol. The van der Waals surface area contributed by atoms with Gasteiger partial charge in [0.1, 0.15) is 12.4 Å². The molecule has 0 N–H and O–H groups in total. The molecule has 2 aromatic carbocycles. The molecule has 1 aromatic heterocycles. The molecular formula is C27H28ClFN2O3S. The number of hydrogen-bond acceptors (Lipinski definition) is 4. The summed E-state index contributed by atoms with van der Waals surface area (Å²) in [6.45, 7) is 3.77. The fourth-order valence-corrected chi connectivity index (χ4v) is 5.43.